The first kappa shape index (κ1) is 14.9. The molecule has 1 unspecified atom stereocenters. The summed E-state index contributed by atoms with van der Waals surface area (Å²) in [7, 11) is 0. The summed E-state index contributed by atoms with van der Waals surface area (Å²) in [5.41, 5.74) is 1.09. The summed E-state index contributed by atoms with van der Waals surface area (Å²) in [6.07, 6.45) is 0. The van der Waals surface area contributed by atoms with Gasteiger partial charge in [-0.2, -0.15) is 0 Å². The van der Waals surface area contributed by atoms with E-state index >= 15 is 0 Å². The number of ether oxygens (including phenoxy) is 1. The molecule has 0 saturated heterocycles. The lowest BCUT2D eigenvalue weighted by molar-refractivity contribution is 0.0541. The molecular formula is C15H23NO2. The second-order valence-electron chi connectivity index (χ2n) is 4.83. The Balaban J connectivity index is 2.24. The van der Waals surface area contributed by atoms with Crippen LogP contribution in [0.15, 0.2) is 42.5 Å². The van der Waals surface area contributed by atoms with Crippen LogP contribution >= 0.6 is 0 Å². The SMILES string of the molecule is C=C(C)COCCNCC(C)(O)c1ccccc1. The van der Waals surface area contributed by atoms with Gasteiger partial charge in [-0.25, -0.2) is 0 Å². The third-order valence-electron chi connectivity index (χ3n) is 2.64. The second-order valence-corrected chi connectivity index (χ2v) is 4.83. The molecule has 3 nitrogen and oxygen atoms in total. The minimum Gasteiger partial charge on any atom is -0.384 e. The van der Waals surface area contributed by atoms with E-state index in [-0.39, 0.29) is 0 Å². The second kappa shape index (κ2) is 7.31. The number of benzene rings is 1. The Morgan fingerprint density at radius 2 is 2.06 bits per heavy atom. The molecule has 0 bridgehead atoms. The van der Waals surface area contributed by atoms with Gasteiger partial charge in [0, 0.05) is 13.1 Å². The standard InChI is InChI=1S/C15H23NO2/c1-13(2)11-18-10-9-16-12-15(3,17)14-7-5-4-6-8-14/h4-8,16-17H,1,9-12H2,2-3H3. The van der Waals surface area contributed by atoms with Crippen molar-refractivity contribution in [2.75, 3.05) is 26.3 Å². The summed E-state index contributed by atoms with van der Waals surface area (Å²) in [6.45, 7) is 9.96. The number of hydrogen-bond donors (Lipinski definition) is 2. The van der Waals surface area contributed by atoms with E-state index < -0.39 is 5.60 Å². The lowest BCUT2D eigenvalue weighted by atomic mass is 9.96. The fraction of sp³-hybridized carbons (Fsp3) is 0.467. The summed E-state index contributed by atoms with van der Waals surface area (Å²) in [5.74, 6) is 0. The maximum atomic E-state index is 10.3. The maximum absolute atomic E-state index is 10.3. The average molecular weight is 249 g/mol. The molecule has 3 heteroatoms. The lowest BCUT2D eigenvalue weighted by Gasteiger charge is -2.24. The van der Waals surface area contributed by atoms with Crippen LogP contribution in [0.25, 0.3) is 0 Å². The van der Waals surface area contributed by atoms with Crippen LogP contribution in [-0.2, 0) is 10.3 Å². The van der Waals surface area contributed by atoms with Gasteiger partial charge in [0.05, 0.1) is 18.8 Å². The third kappa shape index (κ3) is 5.45. The smallest absolute Gasteiger partial charge is 0.0992 e. The molecule has 1 atom stereocenters. The zero-order valence-corrected chi connectivity index (χ0v) is 11.3. The summed E-state index contributed by atoms with van der Waals surface area (Å²) >= 11 is 0. The van der Waals surface area contributed by atoms with Crippen molar-refractivity contribution < 1.29 is 9.84 Å². The van der Waals surface area contributed by atoms with E-state index in [1.807, 2.05) is 44.2 Å². The Morgan fingerprint density at radius 3 is 2.67 bits per heavy atom. The highest BCUT2D eigenvalue weighted by Gasteiger charge is 2.21. The fourth-order valence-corrected chi connectivity index (χ4v) is 1.62. The molecule has 0 fully saturated rings. The third-order valence-corrected chi connectivity index (χ3v) is 2.64. The zero-order chi connectivity index (χ0) is 13.4. The van der Waals surface area contributed by atoms with Gasteiger partial charge in [0.25, 0.3) is 0 Å². The highest BCUT2D eigenvalue weighted by atomic mass is 16.5. The Bertz CT molecular complexity index is 360. The Labute approximate surface area is 109 Å². The molecule has 18 heavy (non-hydrogen) atoms. The topological polar surface area (TPSA) is 41.5 Å². The normalized spacial score (nSPS) is 14.2. The molecular weight excluding hydrogens is 226 g/mol. The number of aliphatic hydroxyl groups is 1. The predicted octanol–water partition coefficient (Wildman–Crippen LogP) is 2.08. The molecule has 0 aliphatic rings. The molecule has 2 N–H and O–H groups in total. The van der Waals surface area contributed by atoms with Crippen LogP contribution in [0, 0.1) is 0 Å². The van der Waals surface area contributed by atoms with Crippen molar-refractivity contribution in [3.8, 4) is 0 Å². The summed E-state index contributed by atoms with van der Waals surface area (Å²) in [6, 6.07) is 9.66. The summed E-state index contributed by atoms with van der Waals surface area (Å²) in [4.78, 5) is 0. The first-order chi connectivity index (χ1) is 8.52. The molecule has 0 aliphatic carbocycles. The molecule has 1 rings (SSSR count). The van der Waals surface area contributed by atoms with Crippen molar-refractivity contribution in [3.05, 3.63) is 48.0 Å². The molecule has 100 valence electrons. The highest BCUT2D eigenvalue weighted by molar-refractivity contribution is 5.21. The van der Waals surface area contributed by atoms with Gasteiger partial charge < -0.3 is 15.2 Å². The van der Waals surface area contributed by atoms with E-state index in [4.69, 9.17) is 4.74 Å². The molecule has 1 aromatic rings. The summed E-state index contributed by atoms with van der Waals surface area (Å²) in [5, 5.41) is 13.5. The van der Waals surface area contributed by atoms with E-state index in [9.17, 15) is 5.11 Å². The van der Waals surface area contributed by atoms with Gasteiger partial charge in [0.1, 0.15) is 0 Å². The first-order valence-corrected chi connectivity index (χ1v) is 6.23. The first-order valence-electron chi connectivity index (χ1n) is 6.23. The zero-order valence-electron chi connectivity index (χ0n) is 11.3. The van der Waals surface area contributed by atoms with E-state index in [2.05, 4.69) is 11.9 Å². The quantitative estimate of drug-likeness (QED) is 0.547. The van der Waals surface area contributed by atoms with Gasteiger partial charge in [-0.1, -0.05) is 42.5 Å². The van der Waals surface area contributed by atoms with Gasteiger partial charge in [-0.05, 0) is 19.4 Å². The largest absolute Gasteiger partial charge is 0.384 e. The molecule has 0 heterocycles. The number of hydrogen-bond acceptors (Lipinski definition) is 3. The molecule has 0 radical (unpaired) electrons. The van der Waals surface area contributed by atoms with Crippen molar-refractivity contribution in [2.24, 2.45) is 0 Å². The molecule has 0 saturated carbocycles. The van der Waals surface area contributed by atoms with Crippen LogP contribution in [0.5, 0.6) is 0 Å². The highest BCUT2D eigenvalue weighted by Crippen LogP contribution is 2.18. The maximum Gasteiger partial charge on any atom is 0.0992 e. The van der Waals surface area contributed by atoms with Gasteiger partial charge >= 0.3 is 0 Å². The van der Waals surface area contributed by atoms with Crippen molar-refractivity contribution in [2.45, 2.75) is 19.4 Å². The lowest BCUT2D eigenvalue weighted by Crippen LogP contribution is -2.36. The summed E-state index contributed by atoms with van der Waals surface area (Å²) < 4.78 is 5.37. The molecule has 0 amide bonds. The van der Waals surface area contributed by atoms with Crippen LogP contribution in [-0.4, -0.2) is 31.4 Å². The Morgan fingerprint density at radius 1 is 1.39 bits per heavy atom. The van der Waals surface area contributed by atoms with Crippen LogP contribution in [0.3, 0.4) is 0 Å². The van der Waals surface area contributed by atoms with E-state index in [0.717, 1.165) is 17.7 Å². The molecule has 0 aromatic heterocycles. The van der Waals surface area contributed by atoms with Crippen molar-refractivity contribution in [3.63, 3.8) is 0 Å². The average Bonchev–Trinajstić information content (AvgIpc) is 2.34. The molecule has 0 aliphatic heterocycles. The minimum absolute atomic E-state index is 0.507. The van der Waals surface area contributed by atoms with E-state index in [1.54, 1.807) is 0 Å². The predicted molar refractivity (Wildman–Crippen MR) is 74.5 cm³/mol. The molecule has 0 spiro atoms. The van der Waals surface area contributed by atoms with Crippen LogP contribution in [0.2, 0.25) is 0 Å². The van der Waals surface area contributed by atoms with Crippen molar-refractivity contribution >= 4 is 0 Å². The van der Waals surface area contributed by atoms with Gasteiger partial charge in [0.2, 0.25) is 0 Å². The Hall–Kier alpha value is -1.16. The van der Waals surface area contributed by atoms with Crippen molar-refractivity contribution in [1.82, 2.24) is 5.32 Å². The van der Waals surface area contributed by atoms with Gasteiger partial charge in [0.15, 0.2) is 0 Å². The number of rotatable bonds is 8. The number of nitrogens with one attached hydrogen (secondary N) is 1. The van der Waals surface area contributed by atoms with E-state index in [0.29, 0.717) is 19.8 Å². The van der Waals surface area contributed by atoms with Crippen molar-refractivity contribution in [1.29, 1.82) is 0 Å². The minimum atomic E-state index is -0.852. The van der Waals surface area contributed by atoms with Crippen LogP contribution < -0.4 is 5.32 Å². The monoisotopic (exact) mass is 249 g/mol. The van der Waals surface area contributed by atoms with E-state index in [1.165, 1.54) is 0 Å². The van der Waals surface area contributed by atoms with Crippen LogP contribution in [0.1, 0.15) is 19.4 Å². The van der Waals surface area contributed by atoms with Gasteiger partial charge in [-0.3, -0.25) is 0 Å². The Kier molecular flexibility index (Phi) is 6.05. The fourth-order valence-electron chi connectivity index (χ4n) is 1.62. The van der Waals surface area contributed by atoms with Crippen LogP contribution in [0.4, 0.5) is 0 Å². The molecule has 1 aromatic carbocycles. The van der Waals surface area contributed by atoms with Gasteiger partial charge in [-0.15, -0.1) is 0 Å².